The molecule has 2 saturated heterocycles. The minimum absolute atomic E-state index is 0.420. The number of para-hydroxylation sites is 1. The number of phenols is 1. The molecule has 0 amide bonds. The van der Waals surface area contributed by atoms with Crippen LogP contribution < -0.4 is 5.32 Å². The molecular formula is C14H21N3O. The van der Waals surface area contributed by atoms with E-state index < -0.39 is 0 Å². The topological polar surface area (TPSA) is 38.7 Å². The van der Waals surface area contributed by atoms with Crippen LogP contribution in [-0.2, 0) is 6.54 Å². The molecule has 2 N–H and O–H groups in total. The van der Waals surface area contributed by atoms with Gasteiger partial charge in [0.05, 0.1) is 0 Å². The lowest BCUT2D eigenvalue weighted by molar-refractivity contribution is 0.0692. The Morgan fingerprint density at radius 1 is 1.11 bits per heavy atom. The first-order valence-electron chi connectivity index (χ1n) is 6.77. The van der Waals surface area contributed by atoms with E-state index in [-0.39, 0.29) is 0 Å². The van der Waals surface area contributed by atoms with Crippen LogP contribution in [-0.4, -0.2) is 60.2 Å². The molecule has 0 aromatic heterocycles. The fourth-order valence-corrected chi connectivity index (χ4v) is 2.70. The Morgan fingerprint density at radius 2 is 1.83 bits per heavy atom. The number of hydrogen-bond acceptors (Lipinski definition) is 4. The van der Waals surface area contributed by atoms with Crippen LogP contribution in [0.5, 0.6) is 5.75 Å². The van der Waals surface area contributed by atoms with Crippen LogP contribution >= 0.6 is 0 Å². The summed E-state index contributed by atoms with van der Waals surface area (Å²) in [5, 5.41) is 13.1. The average Bonchev–Trinajstić information content (AvgIpc) is 2.32. The second-order valence-electron chi connectivity index (χ2n) is 5.25. The summed E-state index contributed by atoms with van der Waals surface area (Å²) in [7, 11) is 0. The Labute approximate surface area is 108 Å². The Balaban J connectivity index is 1.52. The minimum atomic E-state index is 0.420. The van der Waals surface area contributed by atoms with Crippen molar-refractivity contribution in [2.45, 2.75) is 12.6 Å². The number of nitrogens with zero attached hydrogens (tertiary/aromatic N) is 2. The van der Waals surface area contributed by atoms with E-state index in [0.717, 1.165) is 57.4 Å². The molecule has 2 aliphatic rings. The molecular weight excluding hydrogens is 226 g/mol. The molecule has 2 fully saturated rings. The van der Waals surface area contributed by atoms with Gasteiger partial charge in [0.25, 0.3) is 0 Å². The van der Waals surface area contributed by atoms with E-state index in [9.17, 15) is 5.11 Å². The van der Waals surface area contributed by atoms with E-state index in [2.05, 4.69) is 15.1 Å². The molecule has 2 heterocycles. The van der Waals surface area contributed by atoms with Crippen molar-refractivity contribution in [3.63, 3.8) is 0 Å². The number of piperazine rings is 1. The third-order valence-corrected chi connectivity index (χ3v) is 4.07. The first-order chi connectivity index (χ1) is 8.83. The van der Waals surface area contributed by atoms with Crippen molar-refractivity contribution in [3.8, 4) is 5.75 Å². The largest absolute Gasteiger partial charge is 0.508 e. The van der Waals surface area contributed by atoms with E-state index in [4.69, 9.17) is 0 Å². The first-order valence-corrected chi connectivity index (χ1v) is 6.77. The Kier molecular flexibility index (Phi) is 3.50. The average molecular weight is 247 g/mol. The quantitative estimate of drug-likeness (QED) is 0.815. The zero-order chi connectivity index (χ0) is 12.4. The van der Waals surface area contributed by atoms with Crippen LogP contribution in [0.2, 0.25) is 0 Å². The van der Waals surface area contributed by atoms with Gasteiger partial charge in [-0.2, -0.15) is 0 Å². The highest BCUT2D eigenvalue weighted by Crippen LogP contribution is 2.19. The molecule has 4 heteroatoms. The molecule has 18 heavy (non-hydrogen) atoms. The maximum Gasteiger partial charge on any atom is 0.120 e. The summed E-state index contributed by atoms with van der Waals surface area (Å²) in [5.41, 5.74) is 1.04. The van der Waals surface area contributed by atoms with Gasteiger partial charge in [-0.25, -0.2) is 0 Å². The van der Waals surface area contributed by atoms with Gasteiger partial charge in [0.1, 0.15) is 5.75 Å². The molecule has 1 aromatic carbocycles. The van der Waals surface area contributed by atoms with Crippen molar-refractivity contribution in [1.29, 1.82) is 0 Å². The van der Waals surface area contributed by atoms with Crippen molar-refractivity contribution in [1.82, 2.24) is 15.1 Å². The molecule has 0 radical (unpaired) electrons. The molecule has 0 saturated carbocycles. The smallest absolute Gasteiger partial charge is 0.120 e. The molecule has 4 nitrogen and oxygen atoms in total. The summed E-state index contributed by atoms with van der Waals surface area (Å²) in [4.78, 5) is 5.01. The van der Waals surface area contributed by atoms with E-state index in [1.54, 1.807) is 6.07 Å². The molecule has 0 aliphatic carbocycles. The third-order valence-electron chi connectivity index (χ3n) is 4.07. The van der Waals surface area contributed by atoms with E-state index in [1.165, 1.54) is 0 Å². The molecule has 0 atom stereocenters. The van der Waals surface area contributed by atoms with Crippen LogP contribution in [0.15, 0.2) is 24.3 Å². The van der Waals surface area contributed by atoms with Gasteiger partial charge in [-0.15, -0.1) is 0 Å². The normalized spacial score (nSPS) is 22.9. The third kappa shape index (κ3) is 2.51. The Morgan fingerprint density at radius 3 is 2.44 bits per heavy atom. The molecule has 1 aromatic rings. The molecule has 3 rings (SSSR count). The molecule has 0 spiro atoms. The van der Waals surface area contributed by atoms with Gasteiger partial charge < -0.3 is 10.4 Å². The highest BCUT2D eigenvalue weighted by atomic mass is 16.3. The number of hydrogen-bond donors (Lipinski definition) is 2. The van der Waals surface area contributed by atoms with Gasteiger partial charge in [0, 0.05) is 57.4 Å². The number of benzene rings is 1. The van der Waals surface area contributed by atoms with Crippen molar-refractivity contribution in [2.75, 3.05) is 39.3 Å². The van der Waals surface area contributed by atoms with Crippen LogP contribution in [0, 0.1) is 0 Å². The summed E-state index contributed by atoms with van der Waals surface area (Å²) in [6, 6.07) is 8.41. The van der Waals surface area contributed by atoms with Gasteiger partial charge in [-0.1, -0.05) is 18.2 Å². The zero-order valence-electron chi connectivity index (χ0n) is 10.7. The summed E-state index contributed by atoms with van der Waals surface area (Å²) >= 11 is 0. The lowest BCUT2D eigenvalue weighted by Crippen LogP contribution is -2.61. The highest BCUT2D eigenvalue weighted by molar-refractivity contribution is 5.31. The Bertz CT molecular complexity index is 398. The highest BCUT2D eigenvalue weighted by Gasteiger charge is 2.27. The Hall–Kier alpha value is -1.10. The molecule has 0 unspecified atom stereocenters. The molecule has 0 bridgehead atoms. The molecule has 98 valence electrons. The number of aromatic hydroxyl groups is 1. The van der Waals surface area contributed by atoms with E-state index in [0.29, 0.717) is 5.75 Å². The van der Waals surface area contributed by atoms with Crippen molar-refractivity contribution < 1.29 is 5.11 Å². The predicted molar refractivity (Wildman–Crippen MR) is 71.6 cm³/mol. The predicted octanol–water partition coefficient (Wildman–Crippen LogP) is 0.482. The van der Waals surface area contributed by atoms with Crippen molar-refractivity contribution in [2.24, 2.45) is 0 Å². The van der Waals surface area contributed by atoms with Gasteiger partial charge >= 0.3 is 0 Å². The summed E-state index contributed by atoms with van der Waals surface area (Å²) < 4.78 is 0. The van der Waals surface area contributed by atoms with Crippen LogP contribution in [0.4, 0.5) is 0 Å². The number of nitrogens with one attached hydrogen (secondary N) is 1. The molecule has 2 aliphatic heterocycles. The van der Waals surface area contributed by atoms with Crippen LogP contribution in [0.1, 0.15) is 5.56 Å². The summed E-state index contributed by atoms with van der Waals surface area (Å²) in [6.07, 6.45) is 0. The number of phenolic OH excluding ortho intramolecular Hbond substituents is 1. The van der Waals surface area contributed by atoms with Crippen LogP contribution in [0.3, 0.4) is 0 Å². The lowest BCUT2D eigenvalue weighted by atomic mass is 10.1. The summed E-state index contributed by atoms with van der Waals surface area (Å²) in [6.45, 7) is 7.68. The second-order valence-corrected chi connectivity index (χ2v) is 5.25. The maximum atomic E-state index is 9.78. The second kappa shape index (κ2) is 5.26. The summed E-state index contributed by atoms with van der Waals surface area (Å²) in [5.74, 6) is 0.420. The van der Waals surface area contributed by atoms with Crippen molar-refractivity contribution in [3.05, 3.63) is 29.8 Å². The SMILES string of the molecule is Oc1ccccc1CN1CCN(C2CNC2)CC1. The van der Waals surface area contributed by atoms with E-state index >= 15 is 0 Å². The fourth-order valence-electron chi connectivity index (χ4n) is 2.70. The van der Waals surface area contributed by atoms with Gasteiger partial charge in [0.2, 0.25) is 0 Å². The zero-order valence-corrected chi connectivity index (χ0v) is 10.7. The van der Waals surface area contributed by atoms with Gasteiger partial charge in [-0.05, 0) is 6.07 Å². The maximum absolute atomic E-state index is 9.78. The monoisotopic (exact) mass is 247 g/mol. The standard InChI is InChI=1S/C14H21N3O/c18-14-4-2-1-3-12(14)11-16-5-7-17(8-6-16)13-9-15-10-13/h1-4,13,15,18H,5-11H2. The minimum Gasteiger partial charge on any atom is -0.508 e. The fraction of sp³-hybridized carbons (Fsp3) is 0.571. The first kappa shape index (κ1) is 12.0. The van der Waals surface area contributed by atoms with Crippen molar-refractivity contribution >= 4 is 0 Å². The van der Waals surface area contributed by atoms with Gasteiger partial charge in [0.15, 0.2) is 0 Å². The number of rotatable bonds is 3. The van der Waals surface area contributed by atoms with Crippen LogP contribution in [0.25, 0.3) is 0 Å². The van der Waals surface area contributed by atoms with E-state index in [1.807, 2.05) is 18.2 Å². The lowest BCUT2D eigenvalue weighted by Gasteiger charge is -2.43. The van der Waals surface area contributed by atoms with Gasteiger partial charge in [-0.3, -0.25) is 9.80 Å².